The van der Waals surface area contributed by atoms with Gasteiger partial charge in [0, 0.05) is 18.5 Å². The molecule has 1 aliphatic heterocycles. The third-order valence-corrected chi connectivity index (χ3v) is 4.42. The first kappa shape index (κ1) is 12.5. The van der Waals surface area contributed by atoms with Crippen LogP contribution >= 0.6 is 0 Å². The zero-order chi connectivity index (χ0) is 14.2. The molecule has 0 spiro atoms. The van der Waals surface area contributed by atoms with E-state index in [9.17, 15) is 0 Å². The summed E-state index contributed by atoms with van der Waals surface area (Å²) < 4.78 is 2.26. The Hall–Kier alpha value is -2.20. The molecular weight excluding hydrogens is 260 g/mol. The van der Waals surface area contributed by atoms with Gasteiger partial charge < -0.3 is 10.3 Å². The number of hydrogen-bond donors (Lipinski definition) is 1. The summed E-state index contributed by atoms with van der Waals surface area (Å²) in [5.74, 6) is 2.60. The molecule has 1 unspecified atom stereocenters. The minimum absolute atomic E-state index is 0.544. The van der Waals surface area contributed by atoms with Gasteiger partial charge in [-0.25, -0.2) is 0 Å². The van der Waals surface area contributed by atoms with Crippen molar-refractivity contribution < 1.29 is 0 Å². The Kier molecular flexibility index (Phi) is 2.97. The van der Waals surface area contributed by atoms with Gasteiger partial charge in [-0.05, 0) is 29.7 Å². The zero-order valence-electron chi connectivity index (χ0n) is 11.9. The molecule has 0 bridgehead atoms. The van der Waals surface area contributed by atoms with Crippen LogP contribution in [0.3, 0.4) is 0 Å². The smallest absolute Gasteiger partial charge is 0.164 e. The predicted octanol–water partition coefficient (Wildman–Crippen LogP) is 2.62. The van der Waals surface area contributed by atoms with Crippen LogP contribution in [0.15, 0.2) is 42.5 Å². The number of hydrogen-bond acceptors (Lipinski definition) is 3. The summed E-state index contributed by atoms with van der Waals surface area (Å²) in [6.45, 7) is 1.69. The van der Waals surface area contributed by atoms with Gasteiger partial charge in [-0.3, -0.25) is 0 Å². The van der Waals surface area contributed by atoms with Crippen LogP contribution in [0.2, 0.25) is 0 Å². The van der Waals surface area contributed by atoms with Crippen LogP contribution in [0.25, 0.3) is 22.2 Å². The van der Waals surface area contributed by atoms with Gasteiger partial charge in [-0.15, -0.1) is 10.2 Å². The van der Waals surface area contributed by atoms with Crippen LogP contribution < -0.4 is 5.73 Å². The molecule has 21 heavy (non-hydrogen) atoms. The first-order valence-corrected chi connectivity index (χ1v) is 7.47. The van der Waals surface area contributed by atoms with Gasteiger partial charge >= 0.3 is 0 Å². The number of fused-ring (bicyclic) bond motifs is 2. The Labute approximate surface area is 123 Å². The van der Waals surface area contributed by atoms with Crippen LogP contribution in [0, 0.1) is 5.92 Å². The molecule has 4 rings (SSSR count). The first-order valence-electron chi connectivity index (χ1n) is 7.47. The standard InChI is InChI=1S/C17H18N4/c18-11-12-8-9-21-16(10-12)19-20-17(21)15-7-3-5-13-4-1-2-6-14(13)15/h1-7,12H,8-11,18H2. The quantitative estimate of drug-likeness (QED) is 0.784. The molecule has 0 aliphatic carbocycles. The third kappa shape index (κ3) is 2.03. The van der Waals surface area contributed by atoms with Crippen LogP contribution in [0.4, 0.5) is 0 Å². The van der Waals surface area contributed by atoms with Gasteiger partial charge in [0.25, 0.3) is 0 Å². The highest BCUT2D eigenvalue weighted by atomic mass is 15.3. The average Bonchev–Trinajstić information content (AvgIpc) is 2.97. The Morgan fingerprint density at radius 2 is 1.95 bits per heavy atom. The van der Waals surface area contributed by atoms with Crippen LogP contribution in [0.1, 0.15) is 12.2 Å². The highest BCUT2D eigenvalue weighted by Gasteiger charge is 2.23. The summed E-state index contributed by atoms with van der Waals surface area (Å²) >= 11 is 0. The summed E-state index contributed by atoms with van der Waals surface area (Å²) in [5.41, 5.74) is 6.96. The second-order valence-electron chi connectivity index (χ2n) is 5.71. The summed E-state index contributed by atoms with van der Waals surface area (Å²) in [7, 11) is 0. The van der Waals surface area contributed by atoms with Crippen molar-refractivity contribution in [3.05, 3.63) is 48.3 Å². The van der Waals surface area contributed by atoms with Crippen LogP contribution in [0.5, 0.6) is 0 Å². The van der Waals surface area contributed by atoms with Gasteiger partial charge in [0.2, 0.25) is 0 Å². The largest absolute Gasteiger partial charge is 0.330 e. The lowest BCUT2D eigenvalue weighted by atomic mass is 9.97. The summed E-state index contributed by atoms with van der Waals surface area (Å²) in [6, 6.07) is 14.8. The molecule has 1 aliphatic rings. The fraction of sp³-hybridized carbons (Fsp3) is 0.294. The second kappa shape index (κ2) is 4.97. The summed E-state index contributed by atoms with van der Waals surface area (Å²) in [5, 5.41) is 11.3. The van der Waals surface area contributed by atoms with Crippen molar-refractivity contribution >= 4 is 10.8 Å². The van der Waals surface area contributed by atoms with Gasteiger partial charge in [-0.1, -0.05) is 42.5 Å². The molecule has 2 N–H and O–H groups in total. The average molecular weight is 278 g/mol. The van der Waals surface area contributed by atoms with Gasteiger partial charge in [0.15, 0.2) is 5.82 Å². The van der Waals surface area contributed by atoms with E-state index in [4.69, 9.17) is 5.73 Å². The van der Waals surface area contributed by atoms with E-state index in [0.29, 0.717) is 5.92 Å². The monoisotopic (exact) mass is 278 g/mol. The first-order chi connectivity index (χ1) is 10.4. The molecule has 106 valence electrons. The number of aromatic nitrogens is 3. The van der Waals surface area contributed by atoms with Crippen molar-refractivity contribution in [2.45, 2.75) is 19.4 Å². The minimum Gasteiger partial charge on any atom is -0.330 e. The van der Waals surface area contributed by atoms with Gasteiger partial charge in [0.1, 0.15) is 5.82 Å². The van der Waals surface area contributed by atoms with Crippen molar-refractivity contribution in [3.63, 3.8) is 0 Å². The second-order valence-corrected chi connectivity index (χ2v) is 5.71. The molecule has 1 atom stereocenters. The van der Waals surface area contributed by atoms with Crippen molar-refractivity contribution in [1.29, 1.82) is 0 Å². The fourth-order valence-corrected chi connectivity index (χ4v) is 3.21. The highest BCUT2D eigenvalue weighted by molar-refractivity contribution is 5.95. The maximum absolute atomic E-state index is 5.80. The zero-order valence-corrected chi connectivity index (χ0v) is 11.9. The predicted molar refractivity (Wildman–Crippen MR) is 83.8 cm³/mol. The number of benzene rings is 2. The molecule has 0 saturated carbocycles. The molecule has 1 aromatic heterocycles. The lowest BCUT2D eigenvalue weighted by Crippen LogP contribution is -2.25. The van der Waals surface area contributed by atoms with Crippen molar-refractivity contribution in [3.8, 4) is 11.4 Å². The van der Waals surface area contributed by atoms with E-state index in [1.807, 2.05) is 0 Å². The maximum atomic E-state index is 5.80. The summed E-state index contributed by atoms with van der Waals surface area (Å²) in [6.07, 6.45) is 2.05. The number of nitrogens with zero attached hydrogens (tertiary/aromatic N) is 3. The van der Waals surface area contributed by atoms with Crippen molar-refractivity contribution in [2.24, 2.45) is 11.7 Å². The van der Waals surface area contributed by atoms with Gasteiger partial charge in [0.05, 0.1) is 0 Å². The molecule has 0 amide bonds. The number of nitrogens with two attached hydrogens (primary N) is 1. The fourth-order valence-electron chi connectivity index (χ4n) is 3.21. The summed E-state index contributed by atoms with van der Waals surface area (Å²) in [4.78, 5) is 0. The van der Waals surface area contributed by atoms with Crippen LogP contribution in [-0.4, -0.2) is 21.3 Å². The van der Waals surface area contributed by atoms with E-state index in [1.165, 1.54) is 10.8 Å². The van der Waals surface area contributed by atoms with E-state index in [0.717, 1.165) is 43.1 Å². The molecule has 3 aromatic rings. The van der Waals surface area contributed by atoms with E-state index in [-0.39, 0.29) is 0 Å². The molecule has 2 aromatic carbocycles. The highest BCUT2D eigenvalue weighted by Crippen LogP contribution is 2.30. The molecule has 0 saturated heterocycles. The molecule has 0 fully saturated rings. The topological polar surface area (TPSA) is 56.7 Å². The maximum Gasteiger partial charge on any atom is 0.164 e. The Morgan fingerprint density at radius 1 is 1.10 bits per heavy atom. The van der Waals surface area contributed by atoms with E-state index >= 15 is 0 Å². The Balaban J connectivity index is 1.86. The molecule has 4 heteroatoms. The molecule has 4 nitrogen and oxygen atoms in total. The van der Waals surface area contributed by atoms with E-state index in [2.05, 4.69) is 57.2 Å². The molecule has 2 heterocycles. The normalized spacial score (nSPS) is 17.9. The van der Waals surface area contributed by atoms with E-state index < -0.39 is 0 Å². The van der Waals surface area contributed by atoms with Crippen LogP contribution in [-0.2, 0) is 13.0 Å². The molecule has 0 radical (unpaired) electrons. The Bertz CT molecular complexity index is 785. The SMILES string of the molecule is NCC1CCn2c(nnc2-c2cccc3ccccc23)C1. The molecular formula is C17H18N4. The van der Waals surface area contributed by atoms with E-state index in [1.54, 1.807) is 0 Å². The minimum atomic E-state index is 0.544. The van der Waals surface area contributed by atoms with Gasteiger partial charge in [-0.2, -0.15) is 0 Å². The van der Waals surface area contributed by atoms with Crippen molar-refractivity contribution in [2.75, 3.05) is 6.54 Å². The Morgan fingerprint density at radius 3 is 2.86 bits per heavy atom. The lowest BCUT2D eigenvalue weighted by molar-refractivity contribution is 0.391. The number of rotatable bonds is 2. The van der Waals surface area contributed by atoms with Crippen molar-refractivity contribution in [1.82, 2.24) is 14.8 Å². The third-order valence-electron chi connectivity index (χ3n) is 4.42. The lowest BCUT2D eigenvalue weighted by Gasteiger charge is -2.22.